The molecule has 0 saturated carbocycles. The van der Waals surface area contributed by atoms with Gasteiger partial charge in [-0.3, -0.25) is 0 Å². The van der Waals surface area contributed by atoms with Crippen LogP contribution in [0.2, 0.25) is 0 Å². The van der Waals surface area contributed by atoms with E-state index in [2.05, 4.69) is 9.72 Å². The fourth-order valence-electron chi connectivity index (χ4n) is 1.67. The van der Waals surface area contributed by atoms with E-state index < -0.39 is 5.97 Å². The second-order valence-corrected chi connectivity index (χ2v) is 4.29. The van der Waals surface area contributed by atoms with Crippen molar-refractivity contribution in [2.24, 2.45) is 0 Å². The summed E-state index contributed by atoms with van der Waals surface area (Å²) in [5.74, 6) is 1.21. The Hall–Kier alpha value is -2.60. The average molecular weight is 303 g/mol. The van der Waals surface area contributed by atoms with Crippen molar-refractivity contribution >= 4 is 5.97 Å². The Morgan fingerprint density at radius 3 is 2.59 bits per heavy atom. The largest absolute Gasteiger partial charge is 0.491 e. The lowest BCUT2D eigenvalue weighted by Crippen LogP contribution is -2.04. The molecular formula is C16H17NO5. The van der Waals surface area contributed by atoms with Crippen molar-refractivity contribution in [1.29, 1.82) is 0 Å². The second-order valence-electron chi connectivity index (χ2n) is 4.29. The van der Waals surface area contributed by atoms with Gasteiger partial charge in [-0.1, -0.05) is 6.07 Å². The lowest BCUT2D eigenvalue weighted by Gasteiger charge is -2.08. The number of nitrogens with zero attached hydrogens (tertiary/aromatic N) is 1. The number of carbonyl (C=O) groups is 1. The first-order valence-electron chi connectivity index (χ1n) is 6.67. The molecule has 1 aromatic carbocycles. The van der Waals surface area contributed by atoms with Crippen LogP contribution in [0.3, 0.4) is 0 Å². The number of ether oxygens (including phenoxy) is 4. The zero-order valence-corrected chi connectivity index (χ0v) is 12.4. The third kappa shape index (κ3) is 4.46. The fourth-order valence-corrected chi connectivity index (χ4v) is 1.67. The van der Waals surface area contributed by atoms with Crippen molar-refractivity contribution < 1.29 is 23.7 Å². The molecule has 1 heterocycles. The monoisotopic (exact) mass is 303 g/mol. The highest BCUT2D eigenvalue weighted by Gasteiger charge is 2.06. The van der Waals surface area contributed by atoms with Gasteiger partial charge in [-0.25, -0.2) is 9.78 Å². The molecule has 0 bridgehead atoms. The SMILES string of the molecule is COCCOc1cccc(Oc2ccc(C(=O)OC)cn2)c1. The summed E-state index contributed by atoms with van der Waals surface area (Å²) in [5, 5.41) is 0. The summed E-state index contributed by atoms with van der Waals surface area (Å²) in [6, 6.07) is 10.4. The van der Waals surface area contributed by atoms with Crippen LogP contribution >= 0.6 is 0 Å². The molecule has 0 N–H and O–H groups in total. The lowest BCUT2D eigenvalue weighted by molar-refractivity contribution is 0.0600. The van der Waals surface area contributed by atoms with Gasteiger partial charge in [0, 0.05) is 25.4 Å². The molecule has 1 aromatic heterocycles. The molecule has 2 aromatic rings. The van der Waals surface area contributed by atoms with Gasteiger partial charge in [0.2, 0.25) is 5.88 Å². The molecule has 0 fully saturated rings. The van der Waals surface area contributed by atoms with Crippen molar-refractivity contribution in [2.45, 2.75) is 0 Å². The van der Waals surface area contributed by atoms with Gasteiger partial charge in [-0.15, -0.1) is 0 Å². The maximum absolute atomic E-state index is 11.3. The second kappa shape index (κ2) is 7.99. The number of benzene rings is 1. The zero-order chi connectivity index (χ0) is 15.8. The van der Waals surface area contributed by atoms with Crippen LogP contribution < -0.4 is 9.47 Å². The number of esters is 1. The first-order chi connectivity index (χ1) is 10.7. The minimum absolute atomic E-state index is 0.367. The first-order valence-corrected chi connectivity index (χ1v) is 6.67. The number of hydrogen-bond acceptors (Lipinski definition) is 6. The highest BCUT2D eigenvalue weighted by Crippen LogP contribution is 2.24. The molecule has 0 saturated heterocycles. The minimum atomic E-state index is -0.437. The summed E-state index contributed by atoms with van der Waals surface area (Å²) < 4.78 is 20.7. The molecular weight excluding hydrogens is 286 g/mol. The van der Waals surface area contributed by atoms with Crippen LogP contribution in [0, 0.1) is 0 Å². The van der Waals surface area contributed by atoms with Crippen molar-refractivity contribution in [3.05, 3.63) is 48.2 Å². The Morgan fingerprint density at radius 2 is 1.91 bits per heavy atom. The summed E-state index contributed by atoms with van der Waals surface area (Å²) in [5.41, 5.74) is 0.367. The van der Waals surface area contributed by atoms with E-state index in [0.717, 1.165) is 0 Å². The summed E-state index contributed by atoms with van der Waals surface area (Å²) in [6.45, 7) is 0.980. The van der Waals surface area contributed by atoms with Gasteiger partial charge in [-0.2, -0.15) is 0 Å². The summed E-state index contributed by atoms with van der Waals surface area (Å²) >= 11 is 0. The highest BCUT2D eigenvalue weighted by molar-refractivity contribution is 5.88. The molecule has 0 atom stereocenters. The fraction of sp³-hybridized carbons (Fsp3) is 0.250. The predicted octanol–water partition coefficient (Wildman–Crippen LogP) is 2.69. The Bertz CT molecular complexity index is 612. The normalized spacial score (nSPS) is 10.1. The number of pyridine rings is 1. The minimum Gasteiger partial charge on any atom is -0.491 e. The van der Waals surface area contributed by atoms with Crippen LogP contribution in [0.4, 0.5) is 0 Å². The van der Waals surface area contributed by atoms with Gasteiger partial charge in [0.25, 0.3) is 0 Å². The maximum atomic E-state index is 11.3. The average Bonchev–Trinajstić information content (AvgIpc) is 2.55. The summed E-state index contributed by atoms with van der Waals surface area (Å²) in [6.07, 6.45) is 1.40. The van der Waals surface area contributed by atoms with E-state index >= 15 is 0 Å². The van der Waals surface area contributed by atoms with Gasteiger partial charge in [-0.05, 0) is 18.2 Å². The Balaban J connectivity index is 2.01. The molecule has 0 aliphatic heterocycles. The number of hydrogen-bond donors (Lipinski definition) is 0. The standard InChI is InChI=1S/C16H17NO5/c1-19-8-9-21-13-4-3-5-14(10-13)22-15-7-6-12(11-17-15)16(18)20-2/h3-7,10-11H,8-9H2,1-2H3. The number of rotatable bonds is 7. The van der Waals surface area contributed by atoms with Crippen LogP contribution in [0.15, 0.2) is 42.6 Å². The Labute approximate surface area is 128 Å². The van der Waals surface area contributed by atoms with E-state index in [1.54, 1.807) is 31.4 Å². The topological polar surface area (TPSA) is 66.9 Å². The molecule has 6 heteroatoms. The molecule has 0 spiro atoms. The van der Waals surface area contributed by atoms with Crippen molar-refractivity contribution in [3.8, 4) is 17.4 Å². The third-order valence-electron chi connectivity index (χ3n) is 2.74. The van der Waals surface area contributed by atoms with E-state index in [1.165, 1.54) is 13.3 Å². The molecule has 0 radical (unpaired) electrons. The Morgan fingerprint density at radius 1 is 1.09 bits per heavy atom. The lowest BCUT2D eigenvalue weighted by atomic mass is 10.3. The van der Waals surface area contributed by atoms with E-state index in [9.17, 15) is 4.79 Å². The van der Waals surface area contributed by atoms with Crippen LogP contribution in [-0.4, -0.2) is 38.4 Å². The van der Waals surface area contributed by atoms with E-state index in [0.29, 0.717) is 36.2 Å². The number of methoxy groups -OCH3 is 2. The molecule has 2 rings (SSSR count). The van der Waals surface area contributed by atoms with Gasteiger partial charge in [0.05, 0.1) is 19.3 Å². The first kappa shape index (κ1) is 15.8. The van der Waals surface area contributed by atoms with Crippen LogP contribution in [0.1, 0.15) is 10.4 Å². The molecule has 22 heavy (non-hydrogen) atoms. The van der Waals surface area contributed by atoms with E-state index in [1.807, 2.05) is 12.1 Å². The molecule has 0 aliphatic rings. The van der Waals surface area contributed by atoms with E-state index in [-0.39, 0.29) is 0 Å². The molecule has 116 valence electrons. The van der Waals surface area contributed by atoms with Crippen LogP contribution in [0.5, 0.6) is 17.4 Å². The van der Waals surface area contributed by atoms with Crippen LogP contribution in [-0.2, 0) is 9.47 Å². The van der Waals surface area contributed by atoms with Gasteiger partial charge in [0.15, 0.2) is 0 Å². The van der Waals surface area contributed by atoms with Crippen LogP contribution in [0.25, 0.3) is 0 Å². The summed E-state index contributed by atoms with van der Waals surface area (Å²) in [7, 11) is 2.94. The van der Waals surface area contributed by atoms with Gasteiger partial charge >= 0.3 is 5.97 Å². The molecule has 0 amide bonds. The number of carbonyl (C=O) groups excluding carboxylic acids is 1. The predicted molar refractivity (Wildman–Crippen MR) is 79.5 cm³/mol. The molecule has 0 aliphatic carbocycles. The number of aromatic nitrogens is 1. The van der Waals surface area contributed by atoms with Crippen molar-refractivity contribution in [3.63, 3.8) is 0 Å². The smallest absolute Gasteiger partial charge is 0.339 e. The zero-order valence-electron chi connectivity index (χ0n) is 12.4. The van der Waals surface area contributed by atoms with Gasteiger partial charge < -0.3 is 18.9 Å². The highest BCUT2D eigenvalue weighted by atomic mass is 16.5. The molecule has 0 unspecified atom stereocenters. The van der Waals surface area contributed by atoms with Gasteiger partial charge in [0.1, 0.15) is 18.1 Å². The Kier molecular flexibility index (Phi) is 5.73. The molecule has 6 nitrogen and oxygen atoms in total. The summed E-state index contributed by atoms with van der Waals surface area (Å²) in [4.78, 5) is 15.4. The third-order valence-corrected chi connectivity index (χ3v) is 2.74. The maximum Gasteiger partial charge on any atom is 0.339 e. The van der Waals surface area contributed by atoms with Crippen molar-refractivity contribution in [2.75, 3.05) is 27.4 Å². The quantitative estimate of drug-likeness (QED) is 0.579. The van der Waals surface area contributed by atoms with Crippen molar-refractivity contribution in [1.82, 2.24) is 4.98 Å². The van der Waals surface area contributed by atoms with E-state index in [4.69, 9.17) is 14.2 Å².